The van der Waals surface area contributed by atoms with E-state index in [2.05, 4.69) is 4.98 Å². The molecule has 1 aliphatic heterocycles. The first-order chi connectivity index (χ1) is 10.1. The van der Waals surface area contributed by atoms with E-state index in [4.69, 9.17) is 0 Å². The molecule has 1 aromatic heterocycles. The maximum absolute atomic E-state index is 12.4. The van der Waals surface area contributed by atoms with Crippen LogP contribution in [0.4, 0.5) is 0 Å². The summed E-state index contributed by atoms with van der Waals surface area (Å²) in [5.41, 5.74) is 1.41. The highest BCUT2D eigenvalue weighted by molar-refractivity contribution is 7.89. The Morgan fingerprint density at radius 1 is 0.952 bits per heavy atom. The second-order valence-electron chi connectivity index (χ2n) is 5.08. The molecule has 110 valence electrons. The summed E-state index contributed by atoms with van der Waals surface area (Å²) in [5.74, 6) is 0. The van der Waals surface area contributed by atoms with Gasteiger partial charge in [0.05, 0.1) is 4.90 Å². The molecule has 1 aromatic carbocycles. The molecule has 0 saturated carbocycles. The molecule has 1 aliphatic rings. The van der Waals surface area contributed by atoms with Gasteiger partial charge in [-0.25, -0.2) is 8.42 Å². The van der Waals surface area contributed by atoms with Crippen molar-refractivity contribution in [2.24, 2.45) is 0 Å². The van der Waals surface area contributed by atoms with Crippen LogP contribution in [0.1, 0.15) is 12.8 Å². The molecule has 21 heavy (non-hydrogen) atoms. The number of pyridine rings is 1. The SMILES string of the molecule is O=c1cc(-c2ccc(S(=O)(=O)N3CCCC3)cc2)cc[nH]1. The molecule has 1 N–H and O–H groups in total. The highest BCUT2D eigenvalue weighted by Crippen LogP contribution is 2.24. The van der Waals surface area contributed by atoms with Crippen LogP contribution in [0, 0.1) is 0 Å². The van der Waals surface area contributed by atoms with E-state index < -0.39 is 10.0 Å². The topological polar surface area (TPSA) is 70.2 Å². The Morgan fingerprint density at radius 2 is 1.62 bits per heavy atom. The smallest absolute Gasteiger partial charge is 0.248 e. The van der Waals surface area contributed by atoms with Crippen molar-refractivity contribution in [1.82, 2.24) is 9.29 Å². The van der Waals surface area contributed by atoms with Crippen LogP contribution in [0.3, 0.4) is 0 Å². The van der Waals surface area contributed by atoms with Gasteiger partial charge in [0.15, 0.2) is 0 Å². The molecular weight excluding hydrogens is 288 g/mol. The molecule has 1 fully saturated rings. The normalized spacial score (nSPS) is 16.2. The number of sulfonamides is 1. The van der Waals surface area contributed by atoms with Crippen LogP contribution in [0.2, 0.25) is 0 Å². The molecule has 3 rings (SSSR count). The molecular formula is C15H16N2O3S. The van der Waals surface area contributed by atoms with Gasteiger partial charge in [0, 0.05) is 25.4 Å². The largest absolute Gasteiger partial charge is 0.329 e. The Morgan fingerprint density at radius 3 is 2.24 bits per heavy atom. The van der Waals surface area contributed by atoms with Gasteiger partial charge < -0.3 is 4.98 Å². The summed E-state index contributed by atoms with van der Waals surface area (Å²) in [6.07, 6.45) is 3.42. The summed E-state index contributed by atoms with van der Waals surface area (Å²) in [4.78, 5) is 14.2. The molecule has 5 nitrogen and oxygen atoms in total. The van der Waals surface area contributed by atoms with Crippen molar-refractivity contribution in [2.75, 3.05) is 13.1 Å². The van der Waals surface area contributed by atoms with Crippen molar-refractivity contribution in [2.45, 2.75) is 17.7 Å². The summed E-state index contributed by atoms with van der Waals surface area (Å²) in [6.45, 7) is 1.19. The first-order valence-corrected chi connectivity index (χ1v) is 8.31. The lowest BCUT2D eigenvalue weighted by molar-refractivity contribution is 0.477. The first-order valence-electron chi connectivity index (χ1n) is 6.87. The fourth-order valence-electron chi connectivity index (χ4n) is 2.52. The van der Waals surface area contributed by atoms with E-state index in [1.54, 1.807) is 36.5 Å². The van der Waals surface area contributed by atoms with Crippen LogP contribution in [0.25, 0.3) is 11.1 Å². The van der Waals surface area contributed by atoms with Gasteiger partial charge in [-0.05, 0) is 42.2 Å². The van der Waals surface area contributed by atoms with E-state index >= 15 is 0 Å². The van der Waals surface area contributed by atoms with E-state index in [0.29, 0.717) is 18.0 Å². The van der Waals surface area contributed by atoms with Crippen LogP contribution in [-0.4, -0.2) is 30.8 Å². The molecule has 2 aromatic rings. The van der Waals surface area contributed by atoms with Crippen molar-refractivity contribution < 1.29 is 8.42 Å². The quantitative estimate of drug-likeness (QED) is 0.940. The molecule has 0 unspecified atom stereocenters. The van der Waals surface area contributed by atoms with Crippen LogP contribution in [0.15, 0.2) is 52.3 Å². The van der Waals surface area contributed by atoms with Crippen molar-refractivity contribution in [3.8, 4) is 11.1 Å². The zero-order valence-electron chi connectivity index (χ0n) is 11.5. The van der Waals surface area contributed by atoms with Gasteiger partial charge in [0.1, 0.15) is 0 Å². The Labute approximate surface area is 123 Å². The molecule has 2 heterocycles. The van der Waals surface area contributed by atoms with Crippen molar-refractivity contribution in [1.29, 1.82) is 0 Å². The minimum absolute atomic E-state index is 0.179. The molecule has 0 spiro atoms. The number of benzene rings is 1. The van der Waals surface area contributed by atoms with E-state index in [1.165, 1.54) is 10.4 Å². The third-order valence-electron chi connectivity index (χ3n) is 3.67. The van der Waals surface area contributed by atoms with Gasteiger partial charge in [-0.1, -0.05) is 12.1 Å². The maximum Gasteiger partial charge on any atom is 0.248 e. The van der Waals surface area contributed by atoms with Crippen molar-refractivity contribution in [3.05, 3.63) is 52.9 Å². The third kappa shape index (κ3) is 2.77. The minimum atomic E-state index is -3.38. The molecule has 0 bridgehead atoms. The van der Waals surface area contributed by atoms with E-state index in [1.807, 2.05) is 0 Å². The minimum Gasteiger partial charge on any atom is -0.329 e. The van der Waals surface area contributed by atoms with E-state index in [9.17, 15) is 13.2 Å². The molecule has 0 radical (unpaired) electrons. The second-order valence-corrected chi connectivity index (χ2v) is 7.02. The van der Waals surface area contributed by atoms with E-state index in [0.717, 1.165) is 24.0 Å². The maximum atomic E-state index is 12.4. The Kier molecular flexibility index (Phi) is 3.65. The van der Waals surface area contributed by atoms with Crippen LogP contribution in [0.5, 0.6) is 0 Å². The number of aromatic amines is 1. The summed E-state index contributed by atoms with van der Waals surface area (Å²) in [5, 5.41) is 0. The van der Waals surface area contributed by atoms with Crippen molar-refractivity contribution in [3.63, 3.8) is 0 Å². The van der Waals surface area contributed by atoms with Gasteiger partial charge in [-0.2, -0.15) is 4.31 Å². The predicted molar refractivity (Wildman–Crippen MR) is 80.5 cm³/mol. The summed E-state index contributed by atoms with van der Waals surface area (Å²) >= 11 is 0. The molecule has 0 atom stereocenters. The van der Waals surface area contributed by atoms with Gasteiger partial charge in [-0.3, -0.25) is 4.79 Å². The van der Waals surface area contributed by atoms with Crippen LogP contribution < -0.4 is 5.56 Å². The van der Waals surface area contributed by atoms with Crippen LogP contribution in [-0.2, 0) is 10.0 Å². The van der Waals surface area contributed by atoms with Gasteiger partial charge >= 0.3 is 0 Å². The highest BCUT2D eigenvalue weighted by atomic mass is 32.2. The molecule has 1 saturated heterocycles. The first kappa shape index (κ1) is 14.0. The van der Waals surface area contributed by atoms with Gasteiger partial charge in [0.2, 0.25) is 15.6 Å². The number of aromatic nitrogens is 1. The standard InChI is InChI=1S/C15H16N2O3S/c18-15-11-13(7-8-16-15)12-3-5-14(6-4-12)21(19,20)17-9-1-2-10-17/h3-8,11H,1-2,9-10H2,(H,16,18). The number of hydrogen-bond donors (Lipinski definition) is 1. The van der Waals surface area contributed by atoms with Crippen LogP contribution >= 0.6 is 0 Å². The summed E-state index contributed by atoms with van der Waals surface area (Å²) in [7, 11) is -3.38. The molecule has 0 aliphatic carbocycles. The number of H-pyrrole nitrogens is 1. The third-order valence-corrected chi connectivity index (χ3v) is 5.58. The number of hydrogen-bond acceptors (Lipinski definition) is 3. The Bertz CT molecular complexity index is 788. The Hall–Kier alpha value is -1.92. The number of nitrogens with one attached hydrogen (secondary N) is 1. The zero-order chi connectivity index (χ0) is 14.9. The lowest BCUT2D eigenvalue weighted by Gasteiger charge is -2.15. The lowest BCUT2D eigenvalue weighted by Crippen LogP contribution is -2.27. The summed E-state index contributed by atoms with van der Waals surface area (Å²) < 4.78 is 26.3. The predicted octanol–water partition coefficient (Wildman–Crippen LogP) is 1.83. The average Bonchev–Trinajstić information content (AvgIpc) is 3.02. The average molecular weight is 304 g/mol. The fourth-order valence-corrected chi connectivity index (χ4v) is 4.04. The molecule has 0 amide bonds. The summed E-state index contributed by atoms with van der Waals surface area (Å²) in [6, 6.07) is 9.94. The number of nitrogens with zero attached hydrogens (tertiary/aromatic N) is 1. The van der Waals surface area contributed by atoms with Crippen molar-refractivity contribution >= 4 is 10.0 Å². The highest BCUT2D eigenvalue weighted by Gasteiger charge is 2.26. The molecule has 6 heteroatoms. The zero-order valence-corrected chi connectivity index (χ0v) is 12.3. The second kappa shape index (κ2) is 5.46. The van der Waals surface area contributed by atoms with E-state index in [-0.39, 0.29) is 5.56 Å². The van der Waals surface area contributed by atoms with Gasteiger partial charge in [0.25, 0.3) is 0 Å². The number of rotatable bonds is 3. The van der Waals surface area contributed by atoms with Gasteiger partial charge in [-0.15, -0.1) is 0 Å². The monoisotopic (exact) mass is 304 g/mol. The lowest BCUT2D eigenvalue weighted by atomic mass is 10.1. The fraction of sp³-hybridized carbons (Fsp3) is 0.267. The Balaban J connectivity index is 1.92.